The summed E-state index contributed by atoms with van der Waals surface area (Å²) in [6.07, 6.45) is 1.25. The van der Waals surface area contributed by atoms with Crippen molar-refractivity contribution in [3.8, 4) is 0 Å². The number of aryl methyl sites for hydroxylation is 2. The molecule has 1 aliphatic rings. The summed E-state index contributed by atoms with van der Waals surface area (Å²) in [6, 6.07) is -0.0915. The molecule has 1 saturated heterocycles. The van der Waals surface area contributed by atoms with Crippen LogP contribution >= 0.6 is 0 Å². The molecule has 2 amide bonds. The van der Waals surface area contributed by atoms with E-state index in [0.717, 1.165) is 24.2 Å². The molecular weight excluding hydrogens is 308 g/mol. The molecule has 24 heavy (non-hydrogen) atoms. The second-order valence-electron chi connectivity index (χ2n) is 7.45. The van der Waals surface area contributed by atoms with E-state index in [9.17, 15) is 9.59 Å². The minimum atomic E-state index is -0.531. The molecular formula is C18H28N2O4. The van der Waals surface area contributed by atoms with Crippen molar-refractivity contribution < 1.29 is 18.7 Å². The van der Waals surface area contributed by atoms with E-state index >= 15 is 0 Å². The quantitative estimate of drug-likeness (QED) is 0.899. The molecule has 0 radical (unpaired) electrons. The molecule has 1 aromatic rings. The van der Waals surface area contributed by atoms with Crippen LogP contribution in [0.5, 0.6) is 0 Å². The third-order valence-corrected chi connectivity index (χ3v) is 4.20. The highest BCUT2D eigenvalue weighted by atomic mass is 16.6. The predicted octanol–water partition coefficient (Wildman–Crippen LogP) is 3.33. The maximum absolute atomic E-state index is 12.8. The van der Waals surface area contributed by atoms with E-state index in [1.54, 1.807) is 4.90 Å². The zero-order chi connectivity index (χ0) is 18.1. The minimum Gasteiger partial charge on any atom is -0.466 e. The average Bonchev–Trinajstić information content (AvgIpc) is 2.69. The highest BCUT2D eigenvalue weighted by Gasteiger charge is 2.29. The summed E-state index contributed by atoms with van der Waals surface area (Å²) in [6.45, 7) is 12.2. The lowest BCUT2D eigenvalue weighted by Gasteiger charge is -2.33. The number of amides is 2. The molecule has 0 aliphatic carbocycles. The highest BCUT2D eigenvalue weighted by Crippen LogP contribution is 2.24. The normalized spacial score (nSPS) is 18.4. The molecule has 0 aromatic carbocycles. The summed E-state index contributed by atoms with van der Waals surface area (Å²) in [5.41, 5.74) is 1.00. The predicted molar refractivity (Wildman–Crippen MR) is 91.2 cm³/mol. The lowest BCUT2D eigenvalue weighted by molar-refractivity contribution is 0.0451. The minimum absolute atomic E-state index is 0.0301. The van der Waals surface area contributed by atoms with Crippen LogP contribution in [0.2, 0.25) is 0 Å². The first-order valence-electron chi connectivity index (χ1n) is 8.44. The SMILES string of the molecule is Cc1oc(C)c(C(=O)N2CCC[C@@H](NC(=O)OC(C)(C)C)C2)c1C. The Kier molecular flexibility index (Phi) is 5.26. The fraction of sp³-hybridized carbons (Fsp3) is 0.667. The molecule has 2 rings (SSSR count). The van der Waals surface area contributed by atoms with Crippen LogP contribution in [-0.4, -0.2) is 41.6 Å². The Hall–Kier alpha value is -1.98. The Morgan fingerprint density at radius 3 is 2.42 bits per heavy atom. The number of hydrogen-bond acceptors (Lipinski definition) is 4. The van der Waals surface area contributed by atoms with Crippen molar-refractivity contribution in [2.24, 2.45) is 0 Å². The Labute approximate surface area is 143 Å². The molecule has 0 bridgehead atoms. The van der Waals surface area contributed by atoms with Gasteiger partial charge in [0.1, 0.15) is 17.1 Å². The fourth-order valence-electron chi connectivity index (χ4n) is 3.02. The van der Waals surface area contributed by atoms with Gasteiger partial charge in [0.05, 0.1) is 5.56 Å². The summed E-state index contributed by atoms with van der Waals surface area (Å²) < 4.78 is 10.9. The summed E-state index contributed by atoms with van der Waals surface area (Å²) in [4.78, 5) is 26.6. The van der Waals surface area contributed by atoms with Gasteiger partial charge in [0.2, 0.25) is 0 Å². The number of ether oxygens (including phenoxy) is 1. The van der Waals surface area contributed by atoms with Crippen molar-refractivity contribution in [2.75, 3.05) is 13.1 Å². The zero-order valence-electron chi connectivity index (χ0n) is 15.5. The maximum Gasteiger partial charge on any atom is 0.407 e. The summed E-state index contributed by atoms with van der Waals surface area (Å²) >= 11 is 0. The second-order valence-corrected chi connectivity index (χ2v) is 7.45. The number of furan rings is 1. The number of alkyl carbamates (subject to hydrolysis) is 1. The third kappa shape index (κ3) is 4.30. The van der Waals surface area contributed by atoms with Crippen molar-refractivity contribution in [1.82, 2.24) is 10.2 Å². The van der Waals surface area contributed by atoms with Gasteiger partial charge in [0.25, 0.3) is 5.91 Å². The van der Waals surface area contributed by atoms with E-state index in [-0.39, 0.29) is 11.9 Å². The van der Waals surface area contributed by atoms with Gasteiger partial charge in [-0.3, -0.25) is 4.79 Å². The second kappa shape index (κ2) is 6.87. The monoisotopic (exact) mass is 336 g/mol. The van der Waals surface area contributed by atoms with Gasteiger partial charge < -0.3 is 19.4 Å². The van der Waals surface area contributed by atoms with Crippen LogP contribution < -0.4 is 5.32 Å². The van der Waals surface area contributed by atoms with Gasteiger partial charge in [-0.1, -0.05) is 0 Å². The topological polar surface area (TPSA) is 71.8 Å². The molecule has 1 N–H and O–H groups in total. The lowest BCUT2D eigenvalue weighted by atomic mass is 10.0. The molecule has 2 heterocycles. The van der Waals surface area contributed by atoms with Crippen LogP contribution in [0.4, 0.5) is 4.79 Å². The number of hydrogen-bond donors (Lipinski definition) is 1. The van der Waals surface area contributed by atoms with Crippen LogP contribution in [-0.2, 0) is 4.74 Å². The molecule has 6 nitrogen and oxygen atoms in total. The molecule has 1 atom stereocenters. The number of nitrogens with zero attached hydrogens (tertiary/aromatic N) is 1. The number of likely N-dealkylation sites (tertiary alicyclic amines) is 1. The molecule has 6 heteroatoms. The first-order chi connectivity index (χ1) is 11.1. The van der Waals surface area contributed by atoms with Gasteiger partial charge in [0, 0.05) is 24.7 Å². The average molecular weight is 336 g/mol. The molecule has 134 valence electrons. The van der Waals surface area contributed by atoms with Gasteiger partial charge in [0.15, 0.2) is 0 Å². The van der Waals surface area contributed by atoms with Crippen molar-refractivity contribution in [2.45, 2.75) is 66.0 Å². The van der Waals surface area contributed by atoms with E-state index < -0.39 is 11.7 Å². The van der Waals surface area contributed by atoms with Crippen molar-refractivity contribution in [3.05, 3.63) is 22.6 Å². The fourth-order valence-corrected chi connectivity index (χ4v) is 3.02. The van der Waals surface area contributed by atoms with Crippen LogP contribution in [0.15, 0.2) is 4.42 Å². The van der Waals surface area contributed by atoms with Crippen LogP contribution in [0.25, 0.3) is 0 Å². The number of piperidine rings is 1. The van der Waals surface area contributed by atoms with Gasteiger partial charge in [-0.25, -0.2) is 4.79 Å². The van der Waals surface area contributed by atoms with Crippen LogP contribution in [0.3, 0.4) is 0 Å². The number of carbonyl (C=O) groups excluding carboxylic acids is 2. The Balaban J connectivity index is 2.02. The molecule has 0 saturated carbocycles. The van der Waals surface area contributed by atoms with Crippen LogP contribution in [0, 0.1) is 20.8 Å². The first kappa shape index (κ1) is 18.4. The molecule has 1 fully saturated rings. The summed E-state index contributed by atoms with van der Waals surface area (Å²) in [5, 5.41) is 2.87. The molecule has 0 unspecified atom stereocenters. The van der Waals surface area contributed by atoms with Crippen molar-refractivity contribution >= 4 is 12.0 Å². The van der Waals surface area contributed by atoms with E-state index in [4.69, 9.17) is 9.15 Å². The summed E-state index contributed by atoms with van der Waals surface area (Å²) in [7, 11) is 0. The smallest absolute Gasteiger partial charge is 0.407 e. The molecule has 1 aliphatic heterocycles. The van der Waals surface area contributed by atoms with Crippen molar-refractivity contribution in [3.63, 3.8) is 0 Å². The summed E-state index contributed by atoms with van der Waals surface area (Å²) in [5.74, 6) is 1.39. The number of nitrogens with one attached hydrogen (secondary N) is 1. The van der Waals surface area contributed by atoms with Gasteiger partial charge in [-0.15, -0.1) is 0 Å². The van der Waals surface area contributed by atoms with Crippen molar-refractivity contribution in [1.29, 1.82) is 0 Å². The van der Waals surface area contributed by atoms with Crippen LogP contribution in [0.1, 0.15) is 61.1 Å². The van der Waals surface area contributed by atoms with E-state index in [0.29, 0.717) is 24.4 Å². The third-order valence-electron chi connectivity index (χ3n) is 4.20. The first-order valence-corrected chi connectivity index (χ1v) is 8.44. The Morgan fingerprint density at radius 1 is 1.21 bits per heavy atom. The number of rotatable bonds is 2. The maximum atomic E-state index is 12.8. The van der Waals surface area contributed by atoms with E-state index in [2.05, 4.69) is 5.32 Å². The number of carbonyl (C=O) groups is 2. The van der Waals surface area contributed by atoms with Gasteiger partial charge in [-0.2, -0.15) is 0 Å². The highest BCUT2D eigenvalue weighted by molar-refractivity contribution is 5.97. The Morgan fingerprint density at radius 2 is 1.88 bits per heavy atom. The zero-order valence-corrected chi connectivity index (χ0v) is 15.5. The van der Waals surface area contributed by atoms with E-state index in [1.165, 1.54) is 0 Å². The largest absolute Gasteiger partial charge is 0.466 e. The Bertz CT molecular complexity index is 628. The van der Waals surface area contributed by atoms with Gasteiger partial charge >= 0.3 is 6.09 Å². The van der Waals surface area contributed by atoms with E-state index in [1.807, 2.05) is 41.5 Å². The standard InChI is InChI=1S/C18H28N2O4/c1-11-12(2)23-13(3)15(11)16(21)20-9-7-8-14(10-20)19-17(22)24-18(4,5)6/h14H,7-10H2,1-6H3,(H,19,22)/t14-/m1/s1. The lowest BCUT2D eigenvalue weighted by Crippen LogP contribution is -2.50. The molecule has 0 spiro atoms. The van der Waals surface area contributed by atoms with Gasteiger partial charge in [-0.05, 0) is 54.4 Å². The molecule has 1 aromatic heterocycles.